The molecule has 14 heavy (non-hydrogen) atoms. The van der Waals surface area contributed by atoms with Crippen LogP contribution in [-0.4, -0.2) is 17.2 Å². The van der Waals surface area contributed by atoms with Crippen molar-refractivity contribution in [2.24, 2.45) is 0 Å². The monoisotopic (exact) mass is 209 g/mol. The smallest absolute Gasteiger partial charge is 0.171 e. The van der Waals surface area contributed by atoms with Crippen LogP contribution in [0.15, 0.2) is 24.3 Å². The topological polar surface area (TPSA) is 42.4 Å². The van der Waals surface area contributed by atoms with Crippen molar-refractivity contribution in [2.45, 2.75) is 0 Å². The third-order valence-corrected chi connectivity index (χ3v) is 2.21. The molecule has 0 aliphatic rings. The average Bonchev–Trinajstić information content (AvgIpc) is 2.17. The van der Waals surface area contributed by atoms with Crippen LogP contribution in [0.25, 0.3) is 10.9 Å². The molecule has 0 radical (unpaired) electrons. The highest BCUT2D eigenvalue weighted by Gasteiger charge is 2.04. The van der Waals surface area contributed by atoms with Gasteiger partial charge in [0, 0.05) is 5.39 Å². The fraction of sp³-hybridized carbons (Fsp3) is 0.100. The highest BCUT2D eigenvalue weighted by Crippen LogP contribution is 2.28. The van der Waals surface area contributed by atoms with Crippen molar-refractivity contribution in [3.05, 3.63) is 29.4 Å². The quantitative estimate of drug-likeness (QED) is 0.735. The molecule has 0 spiro atoms. The third kappa shape index (κ3) is 1.46. The number of halogens is 1. The van der Waals surface area contributed by atoms with Gasteiger partial charge in [0.15, 0.2) is 10.9 Å². The lowest BCUT2D eigenvalue weighted by molar-refractivity contribution is 0.414. The van der Waals surface area contributed by atoms with Gasteiger partial charge in [0.25, 0.3) is 0 Å². The number of pyridine rings is 1. The molecule has 0 bridgehead atoms. The van der Waals surface area contributed by atoms with Crippen LogP contribution in [0.4, 0.5) is 0 Å². The lowest BCUT2D eigenvalue weighted by atomic mass is 10.2. The Balaban J connectivity index is 2.73. The lowest BCUT2D eigenvalue weighted by Gasteiger charge is -2.04. The first kappa shape index (κ1) is 9.09. The Morgan fingerprint density at radius 3 is 2.86 bits per heavy atom. The number of methoxy groups -OCH3 is 1. The summed E-state index contributed by atoms with van der Waals surface area (Å²) in [6, 6.07) is 6.62. The van der Waals surface area contributed by atoms with Crippen molar-refractivity contribution in [3.8, 4) is 11.5 Å². The molecular formula is C10H8ClNO2. The molecule has 0 aliphatic carbocycles. The van der Waals surface area contributed by atoms with Crippen LogP contribution in [0.5, 0.6) is 11.5 Å². The molecular weight excluding hydrogens is 202 g/mol. The number of ether oxygens (including phenoxy) is 1. The first-order valence-electron chi connectivity index (χ1n) is 4.04. The fourth-order valence-corrected chi connectivity index (χ4v) is 1.49. The Labute approximate surface area is 85.9 Å². The van der Waals surface area contributed by atoms with E-state index < -0.39 is 0 Å². The van der Waals surface area contributed by atoms with Crippen molar-refractivity contribution >= 4 is 22.5 Å². The van der Waals surface area contributed by atoms with E-state index in [1.165, 1.54) is 7.11 Å². The molecule has 0 atom stereocenters. The van der Waals surface area contributed by atoms with E-state index in [2.05, 4.69) is 4.98 Å². The van der Waals surface area contributed by atoms with Gasteiger partial charge in [-0.3, -0.25) is 0 Å². The van der Waals surface area contributed by atoms with E-state index in [4.69, 9.17) is 16.3 Å². The number of hydrogen-bond acceptors (Lipinski definition) is 3. The fourth-order valence-electron chi connectivity index (χ4n) is 1.26. The van der Waals surface area contributed by atoms with Gasteiger partial charge < -0.3 is 9.84 Å². The molecule has 1 aromatic heterocycles. The number of phenols is 1. The molecule has 0 saturated carbocycles. The molecule has 1 aromatic carbocycles. The minimum atomic E-state index is 0.198. The van der Waals surface area contributed by atoms with Crippen LogP contribution in [0.3, 0.4) is 0 Å². The van der Waals surface area contributed by atoms with Crippen LogP contribution in [-0.2, 0) is 0 Å². The zero-order valence-corrected chi connectivity index (χ0v) is 8.25. The molecule has 0 saturated heterocycles. The Hall–Kier alpha value is -1.48. The number of rotatable bonds is 1. The number of fused-ring (bicyclic) bond motifs is 1. The summed E-state index contributed by atoms with van der Waals surface area (Å²) in [6.07, 6.45) is 0. The molecule has 1 heterocycles. The molecule has 2 aromatic rings. The van der Waals surface area contributed by atoms with E-state index in [-0.39, 0.29) is 5.75 Å². The maximum Gasteiger partial charge on any atom is 0.171 e. The summed E-state index contributed by atoms with van der Waals surface area (Å²) in [5.41, 5.74) is 0.730. The number of nitrogens with zero attached hydrogens (tertiary/aromatic N) is 1. The highest BCUT2D eigenvalue weighted by molar-refractivity contribution is 6.31. The predicted molar refractivity (Wildman–Crippen MR) is 55.0 cm³/mol. The second-order valence-corrected chi connectivity index (χ2v) is 3.22. The second kappa shape index (κ2) is 3.35. The van der Waals surface area contributed by atoms with Gasteiger partial charge in [-0.25, -0.2) is 4.98 Å². The van der Waals surface area contributed by atoms with Crippen molar-refractivity contribution in [1.29, 1.82) is 0 Å². The molecule has 1 N–H and O–H groups in total. The van der Waals surface area contributed by atoms with Gasteiger partial charge >= 0.3 is 0 Å². The van der Waals surface area contributed by atoms with Gasteiger partial charge in [-0.15, -0.1) is 0 Å². The van der Waals surface area contributed by atoms with E-state index in [1.807, 2.05) is 0 Å². The van der Waals surface area contributed by atoms with Crippen LogP contribution in [0, 0.1) is 0 Å². The van der Waals surface area contributed by atoms with Gasteiger partial charge in [-0.1, -0.05) is 11.6 Å². The SMILES string of the molecule is COc1cc2cc(O)ccc2nc1Cl. The molecule has 0 unspecified atom stereocenters. The molecule has 0 amide bonds. The van der Waals surface area contributed by atoms with E-state index in [0.717, 1.165) is 10.9 Å². The van der Waals surface area contributed by atoms with Gasteiger partial charge in [0.1, 0.15) is 5.75 Å². The largest absolute Gasteiger partial charge is 0.508 e. The normalized spacial score (nSPS) is 10.4. The van der Waals surface area contributed by atoms with E-state index in [9.17, 15) is 5.11 Å². The molecule has 2 rings (SSSR count). The molecule has 0 fully saturated rings. The first-order valence-corrected chi connectivity index (χ1v) is 4.42. The van der Waals surface area contributed by atoms with Gasteiger partial charge in [-0.05, 0) is 24.3 Å². The minimum Gasteiger partial charge on any atom is -0.508 e. The van der Waals surface area contributed by atoms with E-state index in [0.29, 0.717) is 10.9 Å². The lowest BCUT2D eigenvalue weighted by Crippen LogP contribution is -1.87. The predicted octanol–water partition coefficient (Wildman–Crippen LogP) is 2.60. The summed E-state index contributed by atoms with van der Waals surface area (Å²) in [7, 11) is 1.53. The number of hydrogen-bond donors (Lipinski definition) is 1. The molecule has 4 heteroatoms. The summed E-state index contributed by atoms with van der Waals surface area (Å²) in [5, 5.41) is 10.4. The number of aromatic nitrogens is 1. The first-order chi connectivity index (χ1) is 6.70. The van der Waals surface area contributed by atoms with Crippen LogP contribution >= 0.6 is 11.6 Å². The van der Waals surface area contributed by atoms with E-state index in [1.54, 1.807) is 24.3 Å². The number of benzene rings is 1. The Morgan fingerprint density at radius 2 is 2.14 bits per heavy atom. The van der Waals surface area contributed by atoms with Crippen LogP contribution < -0.4 is 4.74 Å². The van der Waals surface area contributed by atoms with Crippen molar-refractivity contribution < 1.29 is 9.84 Å². The standard InChI is InChI=1S/C10H8ClNO2/c1-14-9-5-6-4-7(13)2-3-8(6)12-10(9)11/h2-5,13H,1H3. The summed E-state index contributed by atoms with van der Waals surface area (Å²) >= 11 is 5.84. The minimum absolute atomic E-state index is 0.198. The molecule has 0 aliphatic heterocycles. The summed E-state index contributed by atoms with van der Waals surface area (Å²) in [4.78, 5) is 4.12. The summed E-state index contributed by atoms with van der Waals surface area (Å²) in [6.45, 7) is 0. The Bertz CT molecular complexity index is 485. The van der Waals surface area contributed by atoms with E-state index >= 15 is 0 Å². The third-order valence-electron chi connectivity index (χ3n) is 1.94. The molecule has 3 nitrogen and oxygen atoms in total. The van der Waals surface area contributed by atoms with Crippen molar-refractivity contribution in [2.75, 3.05) is 7.11 Å². The van der Waals surface area contributed by atoms with Gasteiger partial charge in [0.2, 0.25) is 0 Å². The summed E-state index contributed by atoms with van der Waals surface area (Å²) in [5.74, 6) is 0.702. The zero-order chi connectivity index (χ0) is 10.1. The number of aromatic hydroxyl groups is 1. The van der Waals surface area contributed by atoms with Crippen molar-refractivity contribution in [3.63, 3.8) is 0 Å². The summed E-state index contributed by atoms with van der Waals surface area (Å²) < 4.78 is 5.02. The highest BCUT2D eigenvalue weighted by atomic mass is 35.5. The second-order valence-electron chi connectivity index (χ2n) is 2.86. The Kier molecular flexibility index (Phi) is 2.17. The maximum atomic E-state index is 9.26. The average molecular weight is 210 g/mol. The zero-order valence-electron chi connectivity index (χ0n) is 7.49. The number of phenolic OH excluding ortho intramolecular Hbond substituents is 1. The van der Waals surface area contributed by atoms with Crippen LogP contribution in [0.2, 0.25) is 5.15 Å². The van der Waals surface area contributed by atoms with Gasteiger partial charge in [-0.2, -0.15) is 0 Å². The van der Waals surface area contributed by atoms with Crippen LogP contribution in [0.1, 0.15) is 0 Å². The maximum absolute atomic E-state index is 9.26. The van der Waals surface area contributed by atoms with Crippen molar-refractivity contribution in [1.82, 2.24) is 4.98 Å². The molecule has 72 valence electrons. The Morgan fingerprint density at radius 1 is 1.36 bits per heavy atom. The van der Waals surface area contributed by atoms with Gasteiger partial charge in [0.05, 0.1) is 12.6 Å².